The van der Waals surface area contributed by atoms with Crippen molar-refractivity contribution >= 4 is 24.1 Å². The number of hydrogen-bond donors (Lipinski definition) is 0. The number of benzene rings is 2. The summed E-state index contributed by atoms with van der Waals surface area (Å²) in [6.45, 7) is 3.52. The molecule has 0 atom stereocenters. The normalized spacial score (nSPS) is 11.4. The fourth-order valence-corrected chi connectivity index (χ4v) is 3.61. The topological polar surface area (TPSA) is 108 Å². The van der Waals surface area contributed by atoms with Crippen LogP contribution in [0.4, 0.5) is 0 Å². The highest BCUT2D eigenvalue weighted by molar-refractivity contribution is 6.12. The Hall–Kier alpha value is -4.34. The lowest BCUT2D eigenvalue weighted by Gasteiger charge is -2.15. The molecule has 0 saturated heterocycles. The van der Waals surface area contributed by atoms with E-state index in [1.807, 2.05) is 0 Å². The van der Waals surface area contributed by atoms with Gasteiger partial charge in [0.05, 0.1) is 67.0 Å². The summed E-state index contributed by atoms with van der Waals surface area (Å²) in [6.07, 6.45) is 2.98. The Morgan fingerprint density at radius 3 is 1.05 bits per heavy atom. The minimum Gasteiger partial charge on any atom is -0.493 e. The van der Waals surface area contributed by atoms with E-state index in [1.165, 1.54) is 54.8 Å². The summed E-state index contributed by atoms with van der Waals surface area (Å²) in [5, 5.41) is 0. The molecule has 0 heterocycles. The number of hydrogen-bond acceptors (Lipinski definition) is 10. The van der Waals surface area contributed by atoms with Crippen LogP contribution in [0.1, 0.15) is 25.0 Å². The Morgan fingerprint density at radius 1 is 0.553 bits per heavy atom. The fraction of sp³-hybridized carbons (Fsp3) is 0.357. The zero-order valence-electron chi connectivity index (χ0n) is 23.0. The zero-order chi connectivity index (χ0) is 28.2. The van der Waals surface area contributed by atoms with Gasteiger partial charge in [0.25, 0.3) is 0 Å². The van der Waals surface area contributed by atoms with Crippen molar-refractivity contribution in [1.82, 2.24) is 0 Å². The van der Waals surface area contributed by atoms with Gasteiger partial charge in [-0.3, -0.25) is 0 Å². The van der Waals surface area contributed by atoms with Gasteiger partial charge in [0.1, 0.15) is 0 Å². The van der Waals surface area contributed by atoms with Crippen LogP contribution in [0.3, 0.4) is 0 Å². The molecule has 0 N–H and O–H groups in total. The van der Waals surface area contributed by atoms with E-state index in [9.17, 15) is 9.59 Å². The first-order valence-electron chi connectivity index (χ1n) is 11.7. The van der Waals surface area contributed by atoms with Gasteiger partial charge < -0.3 is 37.9 Å². The highest BCUT2D eigenvalue weighted by atomic mass is 16.5. The fourth-order valence-electron chi connectivity index (χ4n) is 3.61. The number of carbonyl (C=O) groups excluding carboxylic acids is 2. The van der Waals surface area contributed by atoms with Gasteiger partial charge in [-0.05, 0) is 61.4 Å². The van der Waals surface area contributed by atoms with Gasteiger partial charge in [0.2, 0.25) is 11.5 Å². The van der Waals surface area contributed by atoms with Crippen LogP contribution in [0.15, 0.2) is 35.4 Å². The van der Waals surface area contributed by atoms with Gasteiger partial charge in [0, 0.05) is 0 Å². The third kappa shape index (κ3) is 6.90. The molecule has 0 aliphatic heterocycles. The van der Waals surface area contributed by atoms with Crippen LogP contribution in [-0.4, -0.2) is 67.8 Å². The Bertz CT molecular complexity index is 1050. The van der Waals surface area contributed by atoms with Crippen LogP contribution >= 0.6 is 0 Å². The predicted octanol–water partition coefficient (Wildman–Crippen LogP) is 4.33. The van der Waals surface area contributed by atoms with E-state index >= 15 is 0 Å². The first-order chi connectivity index (χ1) is 18.3. The van der Waals surface area contributed by atoms with Crippen LogP contribution < -0.4 is 28.4 Å². The van der Waals surface area contributed by atoms with E-state index in [-0.39, 0.29) is 24.4 Å². The minimum atomic E-state index is -0.729. The van der Waals surface area contributed by atoms with E-state index in [4.69, 9.17) is 37.9 Å². The molecular weight excluding hydrogens is 496 g/mol. The second-order valence-electron chi connectivity index (χ2n) is 7.47. The van der Waals surface area contributed by atoms with E-state index in [0.29, 0.717) is 45.6 Å². The summed E-state index contributed by atoms with van der Waals surface area (Å²) in [5.74, 6) is 0.772. The molecule has 2 aromatic carbocycles. The number of ether oxygens (including phenoxy) is 8. The zero-order valence-corrected chi connectivity index (χ0v) is 23.0. The molecule has 0 bridgehead atoms. The molecule has 38 heavy (non-hydrogen) atoms. The summed E-state index contributed by atoms with van der Waals surface area (Å²) in [5.41, 5.74) is 0.881. The van der Waals surface area contributed by atoms with E-state index in [2.05, 4.69) is 0 Å². The molecule has 0 saturated carbocycles. The van der Waals surface area contributed by atoms with Gasteiger partial charge in [0.15, 0.2) is 23.0 Å². The molecule has 0 fully saturated rings. The first kappa shape index (κ1) is 29.9. The second-order valence-corrected chi connectivity index (χ2v) is 7.47. The Balaban J connectivity index is 2.87. The highest BCUT2D eigenvalue weighted by Crippen LogP contribution is 2.40. The first-order valence-corrected chi connectivity index (χ1v) is 11.7. The van der Waals surface area contributed by atoms with Crippen LogP contribution in [0.2, 0.25) is 0 Å². The lowest BCUT2D eigenvalue weighted by atomic mass is 9.99. The van der Waals surface area contributed by atoms with E-state index in [0.717, 1.165) is 0 Å². The molecule has 0 amide bonds. The summed E-state index contributed by atoms with van der Waals surface area (Å²) >= 11 is 0. The minimum absolute atomic E-state index is 0.0478. The third-order valence-electron chi connectivity index (χ3n) is 5.28. The molecule has 2 aromatic rings. The lowest BCUT2D eigenvalue weighted by Crippen LogP contribution is -2.17. The maximum atomic E-state index is 13.2. The standard InChI is InChI=1S/C28H34O10/c1-9-37-27(29)19(11-17-13-21(31-3)25(35-7)22(14-17)32-4)20(28(30)38-10-2)12-18-15-23(33-5)26(36-8)24(16-18)34-6/h11-16H,9-10H2,1-8H3/b19-11+,20-12+. The molecule has 0 aromatic heterocycles. The maximum absolute atomic E-state index is 13.2. The molecule has 0 unspecified atom stereocenters. The molecule has 0 spiro atoms. The predicted molar refractivity (Wildman–Crippen MR) is 141 cm³/mol. The lowest BCUT2D eigenvalue weighted by molar-refractivity contribution is -0.141. The van der Waals surface area contributed by atoms with Crippen molar-refractivity contribution in [3.63, 3.8) is 0 Å². The largest absolute Gasteiger partial charge is 0.493 e. The molecule has 10 heteroatoms. The van der Waals surface area contributed by atoms with Gasteiger partial charge in [-0.2, -0.15) is 0 Å². The molecular formula is C28H34O10. The van der Waals surface area contributed by atoms with E-state index < -0.39 is 11.9 Å². The Kier molecular flexibility index (Phi) is 11.3. The summed E-state index contributed by atoms with van der Waals surface area (Å²) < 4.78 is 43.1. The molecule has 2 rings (SSSR count). The average molecular weight is 531 g/mol. The van der Waals surface area contributed by atoms with E-state index in [1.54, 1.807) is 38.1 Å². The average Bonchev–Trinajstić information content (AvgIpc) is 2.93. The number of carbonyl (C=O) groups is 2. The van der Waals surface area contributed by atoms with Gasteiger partial charge >= 0.3 is 11.9 Å². The quantitative estimate of drug-likeness (QED) is 0.211. The van der Waals surface area contributed by atoms with Crippen LogP contribution in [0, 0.1) is 0 Å². The monoisotopic (exact) mass is 530 g/mol. The van der Waals surface area contributed by atoms with Gasteiger partial charge in [-0.15, -0.1) is 0 Å². The second kappa shape index (κ2) is 14.4. The van der Waals surface area contributed by atoms with Gasteiger partial charge in [-0.1, -0.05) is 0 Å². The van der Waals surface area contributed by atoms with Crippen LogP contribution in [-0.2, 0) is 19.1 Å². The van der Waals surface area contributed by atoms with Crippen LogP contribution in [0.5, 0.6) is 34.5 Å². The van der Waals surface area contributed by atoms with Crippen molar-refractivity contribution in [3.8, 4) is 34.5 Å². The summed E-state index contributed by atoms with van der Waals surface area (Å²) in [6, 6.07) is 6.57. The van der Waals surface area contributed by atoms with Crippen LogP contribution in [0.25, 0.3) is 12.2 Å². The molecule has 0 aliphatic rings. The van der Waals surface area contributed by atoms with Gasteiger partial charge in [-0.25, -0.2) is 9.59 Å². The van der Waals surface area contributed by atoms with Crippen molar-refractivity contribution in [3.05, 3.63) is 46.5 Å². The molecule has 0 radical (unpaired) electrons. The third-order valence-corrected chi connectivity index (χ3v) is 5.28. The number of esters is 2. The number of methoxy groups -OCH3 is 6. The summed E-state index contributed by atoms with van der Waals surface area (Å²) in [4.78, 5) is 26.3. The molecule has 0 aliphatic carbocycles. The smallest absolute Gasteiger partial charge is 0.339 e. The summed E-state index contributed by atoms with van der Waals surface area (Å²) in [7, 11) is 8.88. The Morgan fingerprint density at radius 2 is 0.842 bits per heavy atom. The van der Waals surface area contributed by atoms with Crippen molar-refractivity contribution in [2.24, 2.45) is 0 Å². The molecule has 10 nitrogen and oxygen atoms in total. The molecule has 206 valence electrons. The van der Waals surface area contributed by atoms with Crippen molar-refractivity contribution in [1.29, 1.82) is 0 Å². The van der Waals surface area contributed by atoms with Crippen molar-refractivity contribution in [2.75, 3.05) is 55.9 Å². The SMILES string of the molecule is CCOC(=O)C(=C/c1cc(OC)c(OC)c(OC)c1)/C(=C\c1cc(OC)c(OC)c(OC)c1)C(=O)OCC. The van der Waals surface area contributed by atoms with Crippen molar-refractivity contribution < 1.29 is 47.5 Å². The number of rotatable bonds is 13. The highest BCUT2D eigenvalue weighted by Gasteiger charge is 2.25. The van der Waals surface area contributed by atoms with Crippen molar-refractivity contribution in [2.45, 2.75) is 13.8 Å². The Labute approximate surface area is 222 Å². The maximum Gasteiger partial charge on any atom is 0.339 e.